The van der Waals surface area contributed by atoms with Crippen molar-refractivity contribution in [2.45, 2.75) is 32.5 Å². The summed E-state index contributed by atoms with van der Waals surface area (Å²) in [5, 5.41) is 7.77. The highest BCUT2D eigenvalue weighted by Crippen LogP contribution is 2.36. The molecule has 31 heavy (non-hydrogen) atoms. The summed E-state index contributed by atoms with van der Waals surface area (Å²) in [5.74, 6) is -0.609. The Kier molecular flexibility index (Phi) is 5.20. The molecule has 0 aliphatic carbocycles. The Morgan fingerprint density at radius 3 is 2.68 bits per heavy atom. The summed E-state index contributed by atoms with van der Waals surface area (Å²) in [4.78, 5) is 18.5. The van der Waals surface area contributed by atoms with Gasteiger partial charge in [-0.15, -0.1) is 5.10 Å². The molecule has 0 fully saturated rings. The molecule has 0 spiro atoms. The van der Waals surface area contributed by atoms with Crippen LogP contribution in [0.3, 0.4) is 0 Å². The summed E-state index contributed by atoms with van der Waals surface area (Å²) in [6.07, 6.45) is -3.22. The Morgan fingerprint density at radius 1 is 1.26 bits per heavy atom. The molecule has 2 aromatic heterocycles. The Labute approximate surface area is 179 Å². The fourth-order valence-corrected chi connectivity index (χ4v) is 3.81. The maximum Gasteiger partial charge on any atom is 0.417 e. The third-order valence-corrected chi connectivity index (χ3v) is 5.60. The number of fused-ring (bicyclic) bond motifs is 1. The van der Waals surface area contributed by atoms with E-state index in [0.717, 1.165) is 18.3 Å². The van der Waals surface area contributed by atoms with Crippen LogP contribution in [0.4, 0.5) is 17.6 Å². The van der Waals surface area contributed by atoms with Gasteiger partial charge < -0.3 is 4.90 Å². The van der Waals surface area contributed by atoms with Crippen LogP contribution >= 0.6 is 11.6 Å². The van der Waals surface area contributed by atoms with E-state index in [4.69, 9.17) is 11.6 Å². The average molecular weight is 454 g/mol. The Bertz CT molecular complexity index is 1180. The highest BCUT2D eigenvalue weighted by Gasteiger charge is 2.36. The van der Waals surface area contributed by atoms with Crippen molar-refractivity contribution in [2.75, 3.05) is 6.54 Å². The van der Waals surface area contributed by atoms with Crippen LogP contribution in [0.1, 0.15) is 45.8 Å². The number of carbonyl (C=O) groups is 1. The molecule has 0 saturated heterocycles. The minimum Gasteiger partial charge on any atom is -0.330 e. The van der Waals surface area contributed by atoms with Crippen molar-refractivity contribution < 1.29 is 22.4 Å². The second-order valence-electron chi connectivity index (χ2n) is 7.24. The van der Waals surface area contributed by atoms with E-state index in [1.807, 2.05) is 0 Å². The molecule has 1 amide bonds. The first-order valence-corrected chi connectivity index (χ1v) is 9.70. The van der Waals surface area contributed by atoms with Gasteiger partial charge in [0.1, 0.15) is 11.5 Å². The van der Waals surface area contributed by atoms with Crippen molar-refractivity contribution in [3.05, 3.63) is 69.4 Å². The fraction of sp³-hybridized carbons (Fsp3) is 0.300. The predicted octanol–water partition coefficient (Wildman–Crippen LogP) is 4.54. The van der Waals surface area contributed by atoms with Crippen molar-refractivity contribution in [1.82, 2.24) is 24.9 Å². The smallest absolute Gasteiger partial charge is 0.330 e. The molecule has 162 valence electrons. The number of carbonyl (C=O) groups excluding carboxylic acids is 1. The monoisotopic (exact) mass is 453 g/mol. The van der Waals surface area contributed by atoms with Crippen LogP contribution in [-0.2, 0) is 12.6 Å². The van der Waals surface area contributed by atoms with E-state index in [0.29, 0.717) is 29.2 Å². The highest BCUT2D eigenvalue weighted by atomic mass is 35.5. The molecule has 0 N–H and O–H groups in total. The first-order valence-electron chi connectivity index (χ1n) is 9.32. The fourth-order valence-electron chi connectivity index (χ4n) is 3.58. The molecule has 0 radical (unpaired) electrons. The van der Waals surface area contributed by atoms with Gasteiger partial charge in [0.25, 0.3) is 5.91 Å². The molecule has 0 bridgehead atoms. The lowest BCUT2D eigenvalue weighted by Gasteiger charge is -2.32. The normalized spacial score (nSPS) is 16.4. The number of alkyl halides is 3. The van der Waals surface area contributed by atoms with Crippen molar-refractivity contribution in [3.8, 4) is 5.82 Å². The molecule has 0 unspecified atom stereocenters. The molecule has 6 nitrogen and oxygen atoms in total. The molecule has 3 heterocycles. The van der Waals surface area contributed by atoms with Gasteiger partial charge in [0, 0.05) is 18.5 Å². The standard InChI is InChI=1S/C20H16ClF4N5O/c1-10-7-17(26-9-15(10)22)30-16-5-6-29(11(2)18(16)27-28-30)19(31)12-3-4-14(21)13(8-12)20(23,24)25/h3-4,7-9,11H,5-6H2,1-2H3/t11-/m0/s1. The van der Waals surface area contributed by atoms with Crippen LogP contribution in [0, 0.1) is 12.7 Å². The largest absolute Gasteiger partial charge is 0.417 e. The summed E-state index contributed by atoms with van der Waals surface area (Å²) in [6, 6.07) is 4.10. The first kappa shape index (κ1) is 21.2. The van der Waals surface area contributed by atoms with E-state index in [9.17, 15) is 22.4 Å². The van der Waals surface area contributed by atoms with E-state index in [2.05, 4.69) is 15.3 Å². The summed E-state index contributed by atoms with van der Waals surface area (Å²) in [7, 11) is 0. The number of aryl methyl sites for hydroxylation is 1. The van der Waals surface area contributed by atoms with E-state index in [-0.39, 0.29) is 12.1 Å². The number of amides is 1. The van der Waals surface area contributed by atoms with Crippen LogP contribution in [-0.4, -0.2) is 37.3 Å². The predicted molar refractivity (Wildman–Crippen MR) is 103 cm³/mol. The molecular weight excluding hydrogens is 438 g/mol. The average Bonchev–Trinajstić information content (AvgIpc) is 3.14. The molecule has 3 aromatic rings. The minimum atomic E-state index is -4.67. The SMILES string of the molecule is Cc1cc(-n2nnc3c2CCN(C(=O)c2ccc(Cl)c(C(F)(F)F)c2)[C@H]3C)ncc1F. The zero-order valence-electron chi connectivity index (χ0n) is 16.4. The number of pyridine rings is 1. The number of hydrogen-bond acceptors (Lipinski definition) is 4. The van der Waals surface area contributed by atoms with Crippen molar-refractivity contribution in [3.63, 3.8) is 0 Å². The number of rotatable bonds is 2. The lowest BCUT2D eigenvalue weighted by Crippen LogP contribution is -2.39. The third kappa shape index (κ3) is 3.76. The third-order valence-electron chi connectivity index (χ3n) is 5.28. The topological polar surface area (TPSA) is 63.9 Å². The molecule has 1 aliphatic heterocycles. The zero-order chi connectivity index (χ0) is 22.5. The van der Waals surface area contributed by atoms with Crippen LogP contribution in [0.5, 0.6) is 0 Å². The number of halogens is 5. The number of hydrogen-bond donors (Lipinski definition) is 0. The Balaban J connectivity index is 1.65. The van der Waals surface area contributed by atoms with Gasteiger partial charge in [-0.1, -0.05) is 16.8 Å². The van der Waals surface area contributed by atoms with Gasteiger partial charge in [-0.3, -0.25) is 4.79 Å². The lowest BCUT2D eigenvalue weighted by atomic mass is 10.0. The van der Waals surface area contributed by atoms with Crippen LogP contribution in [0.2, 0.25) is 5.02 Å². The molecule has 1 aromatic carbocycles. The van der Waals surface area contributed by atoms with Gasteiger partial charge in [0.15, 0.2) is 5.82 Å². The van der Waals surface area contributed by atoms with Crippen molar-refractivity contribution >= 4 is 17.5 Å². The molecule has 11 heteroatoms. The molecule has 1 aliphatic rings. The number of benzene rings is 1. The quantitative estimate of drug-likeness (QED) is 0.534. The summed E-state index contributed by atoms with van der Waals surface area (Å²) >= 11 is 5.65. The van der Waals surface area contributed by atoms with Crippen molar-refractivity contribution in [2.24, 2.45) is 0 Å². The van der Waals surface area contributed by atoms with Gasteiger partial charge in [-0.25, -0.2) is 9.37 Å². The van der Waals surface area contributed by atoms with E-state index >= 15 is 0 Å². The van der Waals surface area contributed by atoms with Gasteiger partial charge >= 0.3 is 6.18 Å². The zero-order valence-corrected chi connectivity index (χ0v) is 17.2. The highest BCUT2D eigenvalue weighted by molar-refractivity contribution is 6.31. The van der Waals surface area contributed by atoms with Crippen LogP contribution in [0.15, 0.2) is 30.5 Å². The lowest BCUT2D eigenvalue weighted by molar-refractivity contribution is -0.137. The maximum atomic E-state index is 13.5. The molecule has 1 atom stereocenters. The van der Waals surface area contributed by atoms with E-state index in [1.54, 1.807) is 19.9 Å². The van der Waals surface area contributed by atoms with E-state index in [1.165, 1.54) is 15.6 Å². The molecule has 4 rings (SSSR count). The second kappa shape index (κ2) is 7.60. The number of nitrogens with zero attached hydrogens (tertiary/aromatic N) is 5. The minimum absolute atomic E-state index is 0.116. The molecule has 0 saturated carbocycles. The number of aromatic nitrogens is 4. The Morgan fingerprint density at radius 2 is 2.00 bits per heavy atom. The van der Waals surface area contributed by atoms with Gasteiger partial charge in [0.05, 0.1) is 28.5 Å². The molecular formula is C20H16ClF4N5O. The van der Waals surface area contributed by atoms with E-state index < -0.39 is 34.5 Å². The summed E-state index contributed by atoms with van der Waals surface area (Å²) in [6.45, 7) is 3.57. The summed E-state index contributed by atoms with van der Waals surface area (Å²) < 4.78 is 54.5. The van der Waals surface area contributed by atoms with Gasteiger partial charge in [0.2, 0.25) is 0 Å². The summed E-state index contributed by atoms with van der Waals surface area (Å²) in [5.41, 5.74) is 0.443. The second-order valence-corrected chi connectivity index (χ2v) is 7.65. The van der Waals surface area contributed by atoms with Crippen LogP contribution in [0.25, 0.3) is 5.82 Å². The van der Waals surface area contributed by atoms with Crippen LogP contribution < -0.4 is 0 Å². The van der Waals surface area contributed by atoms with Crippen molar-refractivity contribution in [1.29, 1.82) is 0 Å². The maximum absolute atomic E-state index is 13.5. The first-order chi connectivity index (χ1) is 14.6. The Hall–Kier alpha value is -3.01. The van der Waals surface area contributed by atoms with Gasteiger partial charge in [-0.05, 0) is 43.7 Å². The van der Waals surface area contributed by atoms with Gasteiger partial charge in [-0.2, -0.15) is 17.9 Å².